The molecule has 6 heteroatoms. The molecule has 3 N–H and O–H groups in total. The highest BCUT2D eigenvalue weighted by atomic mass is 35.5. The van der Waals surface area contributed by atoms with E-state index in [2.05, 4.69) is 5.32 Å². The smallest absolute Gasteiger partial charge is 0.222 e. The van der Waals surface area contributed by atoms with Crippen molar-refractivity contribution in [2.45, 2.75) is 26.1 Å². The van der Waals surface area contributed by atoms with E-state index in [1.54, 1.807) is 7.11 Å². The van der Waals surface area contributed by atoms with Gasteiger partial charge in [0, 0.05) is 20.2 Å². The van der Waals surface area contributed by atoms with E-state index in [0.717, 1.165) is 5.56 Å². The standard InChI is InChI=1S/C16H26N2O3.ClH/c1-13(10-18-16(19)8-15(9-17)20-2)11-21-12-14-6-4-3-5-7-14;/h3-7,13,15H,8-12,17H2,1-2H3,(H,18,19);1H. The molecule has 0 aliphatic heterocycles. The summed E-state index contributed by atoms with van der Waals surface area (Å²) in [5, 5.41) is 2.88. The molecule has 1 aromatic carbocycles. The number of ether oxygens (including phenoxy) is 2. The number of methoxy groups -OCH3 is 1. The zero-order valence-corrected chi connectivity index (χ0v) is 14.1. The first-order valence-corrected chi connectivity index (χ1v) is 7.27. The fourth-order valence-corrected chi connectivity index (χ4v) is 1.84. The number of halogens is 1. The van der Waals surface area contributed by atoms with Gasteiger partial charge in [-0.05, 0) is 11.5 Å². The van der Waals surface area contributed by atoms with E-state index < -0.39 is 0 Å². The molecule has 0 fully saturated rings. The lowest BCUT2D eigenvalue weighted by molar-refractivity contribution is -0.123. The van der Waals surface area contributed by atoms with Gasteiger partial charge in [0.1, 0.15) is 0 Å². The maximum absolute atomic E-state index is 11.7. The maximum atomic E-state index is 11.7. The quantitative estimate of drug-likeness (QED) is 0.685. The number of carbonyl (C=O) groups is 1. The molecule has 0 aliphatic rings. The Morgan fingerprint density at radius 2 is 2.00 bits per heavy atom. The molecule has 0 heterocycles. The average molecular weight is 331 g/mol. The lowest BCUT2D eigenvalue weighted by Gasteiger charge is -2.15. The zero-order chi connectivity index (χ0) is 15.5. The van der Waals surface area contributed by atoms with E-state index in [1.807, 2.05) is 37.3 Å². The summed E-state index contributed by atoms with van der Waals surface area (Å²) in [6.07, 6.45) is 0.0829. The Balaban J connectivity index is 0.00000441. The summed E-state index contributed by atoms with van der Waals surface area (Å²) in [5.41, 5.74) is 6.64. The molecule has 2 unspecified atom stereocenters. The first kappa shape index (κ1) is 20.9. The van der Waals surface area contributed by atoms with Crippen LogP contribution in [-0.2, 0) is 20.9 Å². The minimum absolute atomic E-state index is 0. The van der Waals surface area contributed by atoms with Crippen molar-refractivity contribution in [3.8, 4) is 0 Å². The predicted molar refractivity (Wildman–Crippen MR) is 90.0 cm³/mol. The average Bonchev–Trinajstić information content (AvgIpc) is 2.51. The highest BCUT2D eigenvalue weighted by Gasteiger charge is 2.12. The molecular formula is C16H27ClN2O3. The Kier molecular flexibility index (Phi) is 11.8. The molecule has 22 heavy (non-hydrogen) atoms. The lowest BCUT2D eigenvalue weighted by atomic mass is 10.2. The van der Waals surface area contributed by atoms with Gasteiger partial charge >= 0.3 is 0 Å². The van der Waals surface area contributed by atoms with Crippen LogP contribution in [0, 0.1) is 5.92 Å². The van der Waals surface area contributed by atoms with Gasteiger partial charge in [0.05, 0.1) is 25.7 Å². The van der Waals surface area contributed by atoms with Crippen LogP contribution in [0.4, 0.5) is 0 Å². The molecule has 0 bridgehead atoms. The third-order valence-corrected chi connectivity index (χ3v) is 3.17. The largest absolute Gasteiger partial charge is 0.380 e. The van der Waals surface area contributed by atoms with Crippen molar-refractivity contribution in [1.29, 1.82) is 0 Å². The van der Waals surface area contributed by atoms with Crippen molar-refractivity contribution >= 4 is 18.3 Å². The predicted octanol–water partition coefficient (Wildman–Crippen LogP) is 1.74. The second-order valence-electron chi connectivity index (χ2n) is 5.21. The minimum Gasteiger partial charge on any atom is -0.380 e. The Morgan fingerprint density at radius 1 is 1.32 bits per heavy atom. The second kappa shape index (κ2) is 12.4. The number of carbonyl (C=O) groups excluding carboxylic acids is 1. The molecule has 0 saturated heterocycles. The molecule has 0 spiro atoms. The van der Waals surface area contributed by atoms with Crippen molar-refractivity contribution in [3.05, 3.63) is 35.9 Å². The first-order chi connectivity index (χ1) is 10.2. The summed E-state index contributed by atoms with van der Waals surface area (Å²) in [6.45, 7) is 4.19. The summed E-state index contributed by atoms with van der Waals surface area (Å²) in [5.74, 6) is 0.221. The van der Waals surface area contributed by atoms with Crippen LogP contribution in [0.1, 0.15) is 18.9 Å². The number of nitrogens with one attached hydrogen (secondary N) is 1. The van der Waals surface area contributed by atoms with E-state index in [1.165, 1.54) is 0 Å². The third kappa shape index (κ3) is 9.00. The fourth-order valence-electron chi connectivity index (χ4n) is 1.84. The maximum Gasteiger partial charge on any atom is 0.222 e. The molecule has 5 nitrogen and oxygen atoms in total. The molecule has 0 aromatic heterocycles. The number of rotatable bonds is 10. The Hall–Kier alpha value is -1.14. The van der Waals surface area contributed by atoms with Gasteiger partial charge < -0.3 is 20.5 Å². The van der Waals surface area contributed by atoms with Gasteiger partial charge in [-0.3, -0.25) is 4.79 Å². The van der Waals surface area contributed by atoms with Gasteiger partial charge in [-0.2, -0.15) is 0 Å². The van der Waals surface area contributed by atoms with Crippen molar-refractivity contribution in [2.75, 3.05) is 26.8 Å². The molecule has 126 valence electrons. The third-order valence-electron chi connectivity index (χ3n) is 3.17. The Bertz CT molecular complexity index is 400. The number of nitrogens with two attached hydrogens (primary N) is 1. The second-order valence-corrected chi connectivity index (χ2v) is 5.21. The van der Waals surface area contributed by atoms with Crippen LogP contribution in [0.3, 0.4) is 0 Å². The van der Waals surface area contributed by atoms with Crippen LogP contribution >= 0.6 is 12.4 Å². The molecular weight excluding hydrogens is 304 g/mol. The van der Waals surface area contributed by atoms with Crippen molar-refractivity contribution in [2.24, 2.45) is 11.7 Å². The summed E-state index contributed by atoms with van der Waals surface area (Å²) in [4.78, 5) is 11.7. The van der Waals surface area contributed by atoms with Gasteiger partial charge in [0.15, 0.2) is 0 Å². The summed E-state index contributed by atoms with van der Waals surface area (Å²) < 4.78 is 10.7. The molecule has 0 radical (unpaired) electrons. The molecule has 1 rings (SSSR count). The van der Waals surface area contributed by atoms with E-state index in [9.17, 15) is 4.79 Å². The van der Waals surface area contributed by atoms with E-state index in [0.29, 0.717) is 32.7 Å². The topological polar surface area (TPSA) is 73.6 Å². The monoisotopic (exact) mass is 330 g/mol. The zero-order valence-electron chi connectivity index (χ0n) is 13.3. The number of benzene rings is 1. The van der Waals surface area contributed by atoms with Gasteiger partial charge in [-0.25, -0.2) is 0 Å². The van der Waals surface area contributed by atoms with Crippen molar-refractivity contribution < 1.29 is 14.3 Å². The minimum atomic E-state index is -0.213. The van der Waals surface area contributed by atoms with Gasteiger partial charge in [-0.1, -0.05) is 37.3 Å². The van der Waals surface area contributed by atoms with Crippen LogP contribution in [0.15, 0.2) is 30.3 Å². The van der Waals surface area contributed by atoms with E-state index in [-0.39, 0.29) is 30.3 Å². The van der Waals surface area contributed by atoms with Crippen LogP contribution < -0.4 is 11.1 Å². The van der Waals surface area contributed by atoms with Crippen LogP contribution in [0.25, 0.3) is 0 Å². The Morgan fingerprint density at radius 3 is 2.59 bits per heavy atom. The lowest BCUT2D eigenvalue weighted by Crippen LogP contribution is -2.35. The molecule has 2 atom stereocenters. The highest BCUT2D eigenvalue weighted by Crippen LogP contribution is 2.03. The summed E-state index contributed by atoms with van der Waals surface area (Å²) in [7, 11) is 1.56. The summed E-state index contributed by atoms with van der Waals surface area (Å²) in [6, 6.07) is 10.0. The van der Waals surface area contributed by atoms with Gasteiger partial charge in [0.25, 0.3) is 0 Å². The molecule has 0 aliphatic carbocycles. The number of amides is 1. The molecule has 1 amide bonds. The van der Waals surface area contributed by atoms with Crippen LogP contribution in [-0.4, -0.2) is 38.8 Å². The Labute approximate surface area is 139 Å². The fraction of sp³-hybridized carbons (Fsp3) is 0.562. The van der Waals surface area contributed by atoms with Crippen LogP contribution in [0.5, 0.6) is 0 Å². The first-order valence-electron chi connectivity index (χ1n) is 7.27. The highest BCUT2D eigenvalue weighted by molar-refractivity contribution is 5.85. The van der Waals surface area contributed by atoms with E-state index >= 15 is 0 Å². The molecule has 1 aromatic rings. The van der Waals surface area contributed by atoms with Crippen molar-refractivity contribution in [3.63, 3.8) is 0 Å². The SMILES string of the molecule is COC(CN)CC(=O)NCC(C)COCc1ccccc1.Cl. The van der Waals surface area contributed by atoms with Crippen LogP contribution in [0.2, 0.25) is 0 Å². The normalized spacial score (nSPS) is 13.0. The van der Waals surface area contributed by atoms with Gasteiger partial charge in [0.2, 0.25) is 5.91 Å². The molecule has 0 saturated carbocycles. The number of hydrogen-bond donors (Lipinski definition) is 2. The van der Waals surface area contributed by atoms with E-state index in [4.69, 9.17) is 15.2 Å². The summed E-state index contributed by atoms with van der Waals surface area (Å²) >= 11 is 0. The van der Waals surface area contributed by atoms with Gasteiger partial charge in [-0.15, -0.1) is 12.4 Å². The number of hydrogen-bond acceptors (Lipinski definition) is 4. The van der Waals surface area contributed by atoms with Crippen molar-refractivity contribution in [1.82, 2.24) is 5.32 Å².